The van der Waals surface area contributed by atoms with Crippen molar-refractivity contribution in [3.05, 3.63) is 57.9 Å². The number of methoxy groups -OCH3 is 1. The summed E-state index contributed by atoms with van der Waals surface area (Å²) in [7, 11) is -7.01. The van der Waals surface area contributed by atoms with E-state index < -0.39 is 30.7 Å². The summed E-state index contributed by atoms with van der Waals surface area (Å²) in [4.78, 5) is -0.472. The largest absolute Gasteiger partial charge is 0.507 e. The smallest absolute Gasteiger partial charge is 0.271 e. The number of nitrogens with one attached hydrogen (secondary N) is 2. The van der Waals surface area contributed by atoms with E-state index in [0.717, 1.165) is 29.5 Å². The normalized spacial score (nSPS) is 11.8. The molecule has 0 aliphatic rings. The first-order valence-electron chi connectivity index (χ1n) is 7.99. The number of phenolic OH excluding ortho intramolecular Hbond substituents is 1. The number of hydrogen-bond acceptors (Lipinski definition) is 7. The second-order valence-electron chi connectivity index (χ2n) is 5.79. The van der Waals surface area contributed by atoms with Crippen LogP contribution in [0.1, 0.15) is 0 Å². The van der Waals surface area contributed by atoms with E-state index in [1.165, 1.54) is 25.3 Å². The lowest BCUT2D eigenvalue weighted by molar-refractivity contribution is 0.408. The third-order valence-electron chi connectivity index (χ3n) is 3.77. The zero-order valence-electron chi connectivity index (χ0n) is 15.1. The number of halogens is 2. The zero-order valence-corrected chi connectivity index (χ0v) is 19.0. The molecule has 0 bridgehead atoms. The molecule has 0 fully saturated rings. The molecule has 160 valence electrons. The number of hydrogen-bond donors (Lipinski definition) is 3. The molecule has 0 atom stereocenters. The van der Waals surface area contributed by atoms with Crippen molar-refractivity contribution in [2.45, 2.75) is 9.10 Å². The number of ether oxygens (including phenoxy) is 1. The van der Waals surface area contributed by atoms with Gasteiger partial charge in [-0.15, -0.1) is 11.3 Å². The molecule has 30 heavy (non-hydrogen) atoms. The maximum atomic E-state index is 12.9. The molecule has 0 unspecified atom stereocenters. The van der Waals surface area contributed by atoms with Crippen molar-refractivity contribution >= 4 is 66.0 Å². The Balaban J connectivity index is 2.05. The van der Waals surface area contributed by atoms with Crippen LogP contribution in [0.2, 0.25) is 10.0 Å². The van der Waals surface area contributed by atoms with E-state index in [-0.39, 0.29) is 31.4 Å². The van der Waals surface area contributed by atoms with Crippen LogP contribution in [-0.4, -0.2) is 29.1 Å². The number of thiophene rings is 1. The Bertz CT molecular complexity index is 1290. The Morgan fingerprint density at radius 3 is 2.07 bits per heavy atom. The van der Waals surface area contributed by atoms with Gasteiger partial charge in [0.25, 0.3) is 20.0 Å². The van der Waals surface area contributed by atoms with Gasteiger partial charge in [-0.25, -0.2) is 16.8 Å². The SMILES string of the molecule is COc1ccc(O)c(S(=O)(=O)Nc2cc(Cl)c(Cl)cc2NS(=O)(=O)c2cccs2)c1. The highest BCUT2D eigenvalue weighted by molar-refractivity contribution is 7.94. The van der Waals surface area contributed by atoms with Gasteiger partial charge in [0.15, 0.2) is 0 Å². The quantitative estimate of drug-likeness (QED) is 0.435. The predicted octanol–water partition coefficient (Wildman–Crippen LogP) is 4.37. The molecule has 3 aromatic rings. The second-order valence-corrected chi connectivity index (χ2v) is 11.1. The minimum absolute atomic E-state index is 0.00715. The van der Waals surface area contributed by atoms with Gasteiger partial charge in [-0.05, 0) is 35.7 Å². The molecular formula is C17H14Cl2N2O6S3. The fourth-order valence-electron chi connectivity index (χ4n) is 2.36. The van der Waals surface area contributed by atoms with Crippen molar-refractivity contribution in [3.63, 3.8) is 0 Å². The fourth-order valence-corrected chi connectivity index (χ4v) is 5.94. The Kier molecular flexibility index (Phi) is 6.39. The molecule has 13 heteroatoms. The first-order valence-corrected chi connectivity index (χ1v) is 12.6. The number of rotatable bonds is 7. The van der Waals surface area contributed by atoms with E-state index in [1.807, 2.05) is 0 Å². The average Bonchev–Trinajstić information content (AvgIpc) is 3.21. The highest BCUT2D eigenvalue weighted by Crippen LogP contribution is 2.37. The van der Waals surface area contributed by atoms with Crippen LogP contribution in [-0.2, 0) is 20.0 Å². The number of sulfonamides is 2. The lowest BCUT2D eigenvalue weighted by atomic mass is 10.3. The molecule has 0 saturated carbocycles. The highest BCUT2D eigenvalue weighted by atomic mass is 35.5. The Hall–Kier alpha value is -2.18. The number of anilines is 2. The molecule has 0 amide bonds. The van der Waals surface area contributed by atoms with Gasteiger partial charge in [-0.3, -0.25) is 9.44 Å². The molecule has 8 nitrogen and oxygen atoms in total. The summed E-state index contributed by atoms with van der Waals surface area (Å²) in [5, 5.41) is 11.6. The third kappa shape index (κ3) is 4.76. The van der Waals surface area contributed by atoms with Gasteiger partial charge >= 0.3 is 0 Å². The third-order valence-corrected chi connectivity index (χ3v) is 8.65. The van der Waals surface area contributed by atoms with Gasteiger partial charge in [0.2, 0.25) is 0 Å². The van der Waals surface area contributed by atoms with Crippen molar-refractivity contribution in [1.29, 1.82) is 0 Å². The van der Waals surface area contributed by atoms with E-state index in [2.05, 4.69) is 9.44 Å². The lowest BCUT2D eigenvalue weighted by Gasteiger charge is -2.16. The summed E-state index contributed by atoms with van der Waals surface area (Å²) in [6.45, 7) is 0. The van der Waals surface area contributed by atoms with E-state index in [9.17, 15) is 21.9 Å². The van der Waals surface area contributed by atoms with Crippen molar-refractivity contribution in [3.8, 4) is 11.5 Å². The van der Waals surface area contributed by atoms with Gasteiger partial charge in [-0.1, -0.05) is 29.3 Å². The first-order chi connectivity index (χ1) is 14.0. The summed E-state index contributed by atoms with van der Waals surface area (Å²) in [6, 6.07) is 8.94. The standard InChI is InChI=1S/C17H14Cl2N2O6S3/c1-27-10-4-5-15(22)16(7-10)29(23,24)20-13-8-11(18)12(19)9-14(13)21-30(25,26)17-3-2-6-28-17/h2-9,20-22H,1H3. The average molecular weight is 509 g/mol. The minimum Gasteiger partial charge on any atom is -0.507 e. The Morgan fingerprint density at radius 1 is 0.933 bits per heavy atom. The summed E-state index contributed by atoms with van der Waals surface area (Å²) in [5.41, 5.74) is -0.337. The second kappa shape index (κ2) is 8.52. The Morgan fingerprint density at radius 2 is 1.53 bits per heavy atom. The van der Waals surface area contributed by atoms with E-state index in [4.69, 9.17) is 27.9 Å². The molecule has 0 spiro atoms. The van der Waals surface area contributed by atoms with Gasteiger partial charge in [0, 0.05) is 6.07 Å². The first kappa shape index (κ1) is 22.5. The molecule has 0 saturated heterocycles. The predicted molar refractivity (Wildman–Crippen MR) is 117 cm³/mol. The van der Waals surface area contributed by atoms with Gasteiger partial charge < -0.3 is 9.84 Å². The van der Waals surface area contributed by atoms with Crippen molar-refractivity contribution < 1.29 is 26.7 Å². The van der Waals surface area contributed by atoms with Crippen LogP contribution in [0.5, 0.6) is 11.5 Å². The summed E-state index contributed by atoms with van der Waals surface area (Å²) in [6.07, 6.45) is 0. The summed E-state index contributed by atoms with van der Waals surface area (Å²) in [5.74, 6) is -0.329. The monoisotopic (exact) mass is 508 g/mol. The van der Waals surface area contributed by atoms with Crippen LogP contribution in [0.3, 0.4) is 0 Å². The molecule has 3 N–H and O–H groups in total. The maximum absolute atomic E-state index is 12.9. The van der Waals surface area contributed by atoms with Crippen LogP contribution < -0.4 is 14.2 Å². The fraction of sp³-hybridized carbons (Fsp3) is 0.0588. The van der Waals surface area contributed by atoms with E-state index in [1.54, 1.807) is 11.4 Å². The van der Waals surface area contributed by atoms with Crippen LogP contribution in [0.25, 0.3) is 0 Å². The number of aromatic hydroxyl groups is 1. The summed E-state index contributed by atoms with van der Waals surface area (Å²) >= 11 is 13.0. The highest BCUT2D eigenvalue weighted by Gasteiger charge is 2.24. The van der Waals surface area contributed by atoms with Gasteiger partial charge in [-0.2, -0.15) is 0 Å². The van der Waals surface area contributed by atoms with Crippen LogP contribution in [0.4, 0.5) is 11.4 Å². The van der Waals surface area contributed by atoms with Crippen molar-refractivity contribution in [2.75, 3.05) is 16.6 Å². The van der Waals surface area contributed by atoms with E-state index in [0.29, 0.717) is 0 Å². The molecule has 1 heterocycles. The molecule has 0 aliphatic heterocycles. The molecule has 0 radical (unpaired) electrons. The van der Waals surface area contributed by atoms with Crippen LogP contribution in [0.15, 0.2) is 56.9 Å². The number of phenols is 1. The topological polar surface area (TPSA) is 122 Å². The lowest BCUT2D eigenvalue weighted by Crippen LogP contribution is -2.17. The summed E-state index contributed by atoms with van der Waals surface area (Å²) < 4.78 is 60.4. The molecule has 0 aliphatic carbocycles. The van der Waals surface area contributed by atoms with Crippen LogP contribution in [0, 0.1) is 0 Å². The minimum atomic E-state index is -4.35. The van der Waals surface area contributed by atoms with Crippen molar-refractivity contribution in [2.24, 2.45) is 0 Å². The molecule has 1 aromatic heterocycles. The molecule has 2 aromatic carbocycles. The maximum Gasteiger partial charge on any atom is 0.271 e. The van der Waals surface area contributed by atoms with E-state index >= 15 is 0 Å². The van der Waals surface area contributed by atoms with Crippen molar-refractivity contribution in [1.82, 2.24) is 0 Å². The zero-order chi connectivity index (χ0) is 22.1. The van der Waals surface area contributed by atoms with Crippen LogP contribution >= 0.6 is 34.5 Å². The molecule has 3 rings (SSSR count). The van der Waals surface area contributed by atoms with Gasteiger partial charge in [0.1, 0.15) is 20.6 Å². The molecular weight excluding hydrogens is 495 g/mol. The Labute approximate surface area is 187 Å². The number of benzene rings is 2. The van der Waals surface area contributed by atoms with Gasteiger partial charge in [0.05, 0.1) is 28.5 Å².